The molecular weight excluding hydrogens is 468 g/mol. The lowest BCUT2D eigenvalue weighted by Gasteiger charge is -2.21. The molecule has 0 aliphatic rings. The molecule has 2 aromatic carbocycles. The number of amides is 1. The molecule has 4 aromatic rings. The van der Waals surface area contributed by atoms with Crippen molar-refractivity contribution in [3.8, 4) is 22.5 Å². The number of fused-ring (bicyclic) bond motifs is 1. The van der Waals surface area contributed by atoms with Gasteiger partial charge in [0.05, 0.1) is 12.0 Å². The molecule has 3 N–H and O–H groups in total. The maximum atomic E-state index is 11.9. The van der Waals surface area contributed by atoms with Crippen LogP contribution < -0.4 is 15.5 Å². The highest BCUT2D eigenvalue weighted by Crippen LogP contribution is 2.43. The van der Waals surface area contributed by atoms with Crippen molar-refractivity contribution < 1.29 is 14.3 Å². The second-order valence-corrected chi connectivity index (χ2v) is 8.90. The fourth-order valence-corrected chi connectivity index (χ4v) is 4.01. The summed E-state index contributed by atoms with van der Waals surface area (Å²) in [6.45, 7) is 5.67. The van der Waals surface area contributed by atoms with Crippen molar-refractivity contribution in [2.24, 2.45) is 0 Å². The molecule has 0 atom stereocenters. The highest BCUT2D eigenvalue weighted by atomic mass is 16.3. The van der Waals surface area contributed by atoms with Gasteiger partial charge in [-0.25, -0.2) is 9.97 Å². The molecule has 192 valence electrons. The first-order valence-corrected chi connectivity index (χ1v) is 12.0. The molecule has 0 radical (unpaired) electrons. The van der Waals surface area contributed by atoms with Crippen LogP contribution in [0.15, 0.2) is 71.9 Å². The Balaban J connectivity index is 1.82. The second kappa shape index (κ2) is 11.7. The number of hydrogen-bond acceptors (Lipinski definition) is 8. The Morgan fingerprint density at radius 3 is 2.57 bits per heavy atom. The number of likely N-dealkylation sites (N-methyl/N-ethyl adjacent to an activating group) is 2. The summed E-state index contributed by atoms with van der Waals surface area (Å²) in [7, 11) is 6.19. The van der Waals surface area contributed by atoms with Gasteiger partial charge < -0.3 is 30.0 Å². The van der Waals surface area contributed by atoms with E-state index in [0.29, 0.717) is 34.9 Å². The maximum Gasteiger partial charge on any atom is 0.247 e. The van der Waals surface area contributed by atoms with E-state index in [9.17, 15) is 9.90 Å². The summed E-state index contributed by atoms with van der Waals surface area (Å²) in [6.07, 6.45) is 2.66. The van der Waals surface area contributed by atoms with Crippen molar-refractivity contribution in [1.82, 2.24) is 14.9 Å². The van der Waals surface area contributed by atoms with E-state index in [1.165, 1.54) is 12.4 Å². The molecular formula is C28H32N6O3. The summed E-state index contributed by atoms with van der Waals surface area (Å²) in [5, 5.41) is 16.0. The summed E-state index contributed by atoms with van der Waals surface area (Å²) < 4.78 is 6.30. The highest BCUT2D eigenvalue weighted by molar-refractivity contribution is 6.07. The third-order valence-corrected chi connectivity index (χ3v) is 5.95. The van der Waals surface area contributed by atoms with Crippen LogP contribution in [0.1, 0.15) is 0 Å². The van der Waals surface area contributed by atoms with Crippen LogP contribution in [0, 0.1) is 0 Å². The molecule has 0 saturated carbocycles. The number of anilines is 3. The molecule has 37 heavy (non-hydrogen) atoms. The smallest absolute Gasteiger partial charge is 0.247 e. The molecule has 0 saturated heterocycles. The molecule has 9 heteroatoms. The zero-order valence-electron chi connectivity index (χ0n) is 21.4. The van der Waals surface area contributed by atoms with E-state index in [0.717, 1.165) is 35.5 Å². The summed E-state index contributed by atoms with van der Waals surface area (Å²) >= 11 is 0. The van der Waals surface area contributed by atoms with Crippen LogP contribution in [0.2, 0.25) is 0 Å². The average molecular weight is 501 g/mol. The molecule has 0 aliphatic carbocycles. The number of nitrogens with zero attached hydrogens (tertiary/aromatic N) is 4. The van der Waals surface area contributed by atoms with E-state index in [4.69, 9.17) is 4.42 Å². The lowest BCUT2D eigenvalue weighted by atomic mass is 9.98. The third-order valence-electron chi connectivity index (χ3n) is 5.95. The van der Waals surface area contributed by atoms with Crippen molar-refractivity contribution in [2.75, 3.05) is 62.9 Å². The van der Waals surface area contributed by atoms with Crippen molar-refractivity contribution >= 4 is 34.2 Å². The van der Waals surface area contributed by atoms with E-state index >= 15 is 0 Å². The molecule has 0 aliphatic heterocycles. The first-order valence-electron chi connectivity index (χ1n) is 12.0. The maximum absolute atomic E-state index is 11.9. The number of aromatic nitrogens is 2. The van der Waals surface area contributed by atoms with Crippen LogP contribution in [0.5, 0.6) is 0 Å². The minimum atomic E-state index is -0.294. The quantitative estimate of drug-likeness (QED) is 0.265. The first-order chi connectivity index (χ1) is 17.9. The van der Waals surface area contributed by atoms with E-state index in [1.807, 2.05) is 36.4 Å². The number of aliphatic hydroxyl groups is 1. The van der Waals surface area contributed by atoms with E-state index < -0.39 is 0 Å². The molecule has 1 amide bonds. The van der Waals surface area contributed by atoms with Crippen LogP contribution in [-0.4, -0.2) is 73.3 Å². The standard InChI is InChI=1S/C28H32N6O3/c1-5-23(36)32-21-8-6-7-20(17-21)24-25-27(29-13-16-35)30-18-31-28(25)37-26(24)19-9-11-22(12-10-19)34(4)15-14-33(2)3/h5-12,17-18,35H,1,13-16H2,2-4H3,(H,32,36)(H,29,30,31). The second-order valence-electron chi connectivity index (χ2n) is 8.90. The monoisotopic (exact) mass is 500 g/mol. The Kier molecular flexibility index (Phi) is 8.17. The fourth-order valence-electron chi connectivity index (χ4n) is 4.01. The van der Waals surface area contributed by atoms with Gasteiger partial charge in [0.1, 0.15) is 17.9 Å². The molecule has 0 unspecified atom stereocenters. The number of hydrogen-bond donors (Lipinski definition) is 3. The van der Waals surface area contributed by atoms with Gasteiger partial charge >= 0.3 is 0 Å². The van der Waals surface area contributed by atoms with Gasteiger partial charge in [-0.05, 0) is 62.1 Å². The SMILES string of the molecule is C=CC(=O)Nc1cccc(-c2c(-c3ccc(N(C)CCN(C)C)cc3)oc3ncnc(NCCO)c23)c1. The summed E-state index contributed by atoms with van der Waals surface area (Å²) in [6, 6.07) is 15.7. The van der Waals surface area contributed by atoms with Crippen LogP contribution in [0.4, 0.5) is 17.2 Å². The van der Waals surface area contributed by atoms with Gasteiger partial charge in [0, 0.05) is 49.2 Å². The van der Waals surface area contributed by atoms with Gasteiger partial charge in [-0.3, -0.25) is 4.79 Å². The van der Waals surface area contributed by atoms with E-state index in [1.54, 1.807) is 0 Å². The zero-order chi connectivity index (χ0) is 26.4. The number of rotatable bonds is 11. The van der Waals surface area contributed by atoms with Crippen molar-refractivity contribution in [3.63, 3.8) is 0 Å². The summed E-state index contributed by atoms with van der Waals surface area (Å²) in [4.78, 5) is 25.1. The van der Waals surface area contributed by atoms with E-state index in [-0.39, 0.29) is 12.5 Å². The number of carbonyl (C=O) groups excluding carboxylic acids is 1. The van der Waals surface area contributed by atoms with Gasteiger partial charge in [0.25, 0.3) is 0 Å². The Hall–Kier alpha value is -4.21. The molecule has 0 fully saturated rings. The third kappa shape index (κ3) is 5.96. The highest BCUT2D eigenvalue weighted by Gasteiger charge is 2.22. The van der Waals surface area contributed by atoms with Crippen molar-refractivity contribution in [1.29, 1.82) is 0 Å². The van der Waals surface area contributed by atoms with Crippen molar-refractivity contribution in [3.05, 3.63) is 67.5 Å². The van der Waals surface area contributed by atoms with Gasteiger partial charge in [-0.15, -0.1) is 0 Å². The minimum absolute atomic E-state index is 0.0442. The van der Waals surface area contributed by atoms with E-state index in [2.05, 4.69) is 70.3 Å². The van der Waals surface area contributed by atoms with Crippen molar-refractivity contribution in [2.45, 2.75) is 0 Å². The lowest BCUT2D eigenvalue weighted by molar-refractivity contribution is -0.111. The predicted octanol–water partition coefficient (Wildman–Crippen LogP) is 4.08. The Morgan fingerprint density at radius 2 is 1.86 bits per heavy atom. The van der Waals surface area contributed by atoms with Gasteiger partial charge in [-0.1, -0.05) is 18.7 Å². The van der Waals surface area contributed by atoms with Crippen LogP contribution in [0.25, 0.3) is 33.6 Å². The Morgan fingerprint density at radius 1 is 1.08 bits per heavy atom. The van der Waals surface area contributed by atoms with Crippen LogP contribution >= 0.6 is 0 Å². The van der Waals surface area contributed by atoms with Gasteiger partial charge in [0.2, 0.25) is 11.6 Å². The largest absolute Gasteiger partial charge is 0.437 e. The number of furan rings is 1. The number of aliphatic hydroxyl groups excluding tert-OH is 1. The zero-order valence-corrected chi connectivity index (χ0v) is 21.4. The number of carbonyl (C=O) groups is 1. The summed E-state index contributed by atoms with van der Waals surface area (Å²) in [5.41, 5.74) is 4.65. The average Bonchev–Trinajstić information content (AvgIpc) is 3.31. The lowest BCUT2D eigenvalue weighted by Crippen LogP contribution is -2.28. The topological polar surface area (TPSA) is 107 Å². The molecule has 0 spiro atoms. The molecule has 2 aromatic heterocycles. The Labute approximate surface area is 216 Å². The molecule has 2 heterocycles. The minimum Gasteiger partial charge on any atom is -0.437 e. The van der Waals surface area contributed by atoms with Crippen LogP contribution in [-0.2, 0) is 4.79 Å². The van der Waals surface area contributed by atoms with Gasteiger partial charge in [0.15, 0.2) is 0 Å². The number of nitrogens with one attached hydrogen (secondary N) is 2. The summed E-state index contributed by atoms with van der Waals surface area (Å²) in [5.74, 6) is 0.902. The normalized spacial score (nSPS) is 11.1. The van der Waals surface area contributed by atoms with Crippen LogP contribution in [0.3, 0.4) is 0 Å². The first kappa shape index (κ1) is 25.9. The number of benzene rings is 2. The predicted molar refractivity (Wildman–Crippen MR) is 149 cm³/mol. The fraction of sp³-hybridized carbons (Fsp3) is 0.250. The molecule has 9 nitrogen and oxygen atoms in total. The Bertz CT molecular complexity index is 1380. The molecule has 0 bridgehead atoms. The molecule has 4 rings (SSSR count). The van der Waals surface area contributed by atoms with Gasteiger partial charge in [-0.2, -0.15) is 0 Å².